The zero-order chi connectivity index (χ0) is 13.2. The summed E-state index contributed by atoms with van der Waals surface area (Å²) >= 11 is 0. The number of fused-ring (bicyclic) bond motifs is 1. The maximum absolute atomic E-state index is 11.3. The molecule has 1 fully saturated rings. The first kappa shape index (κ1) is 11.9. The van der Waals surface area contributed by atoms with Gasteiger partial charge in [-0.1, -0.05) is 12.1 Å². The van der Waals surface area contributed by atoms with Crippen molar-refractivity contribution in [1.82, 2.24) is 9.97 Å². The van der Waals surface area contributed by atoms with E-state index in [0.717, 1.165) is 36.2 Å². The molecule has 1 aromatic carbocycles. The Kier molecular flexibility index (Phi) is 3.03. The first-order valence-corrected chi connectivity index (χ1v) is 6.50. The molecule has 5 heteroatoms. The standard InChI is InChI=1S/C14H16N4O/c15-14(19)10-4-3-7-18(9-10)13-8-16-11-5-1-2-6-12(11)17-13/h1-2,5-6,8,10H,3-4,7,9H2,(H2,15,19). The van der Waals surface area contributed by atoms with Crippen LogP contribution in [-0.2, 0) is 4.79 Å². The minimum atomic E-state index is -0.224. The van der Waals surface area contributed by atoms with Gasteiger partial charge in [-0.15, -0.1) is 0 Å². The molecular formula is C14H16N4O. The third kappa shape index (κ3) is 2.36. The van der Waals surface area contributed by atoms with Crippen molar-refractivity contribution in [2.24, 2.45) is 11.7 Å². The molecule has 0 bridgehead atoms. The number of carbonyl (C=O) groups is 1. The van der Waals surface area contributed by atoms with Crippen molar-refractivity contribution in [2.45, 2.75) is 12.8 Å². The van der Waals surface area contributed by atoms with Gasteiger partial charge in [-0.2, -0.15) is 0 Å². The molecule has 1 saturated heterocycles. The Morgan fingerprint density at radius 3 is 2.89 bits per heavy atom. The van der Waals surface area contributed by atoms with Crippen LogP contribution in [0.4, 0.5) is 5.82 Å². The van der Waals surface area contributed by atoms with Gasteiger partial charge >= 0.3 is 0 Å². The van der Waals surface area contributed by atoms with E-state index >= 15 is 0 Å². The molecule has 2 N–H and O–H groups in total. The number of nitrogens with two attached hydrogens (primary N) is 1. The van der Waals surface area contributed by atoms with E-state index in [-0.39, 0.29) is 11.8 Å². The molecular weight excluding hydrogens is 240 g/mol. The average Bonchev–Trinajstić information content (AvgIpc) is 2.47. The van der Waals surface area contributed by atoms with Gasteiger partial charge in [0.05, 0.1) is 23.1 Å². The van der Waals surface area contributed by atoms with Crippen molar-refractivity contribution in [1.29, 1.82) is 0 Å². The lowest BCUT2D eigenvalue weighted by atomic mass is 9.97. The fourth-order valence-electron chi connectivity index (χ4n) is 2.52. The molecule has 19 heavy (non-hydrogen) atoms. The predicted molar refractivity (Wildman–Crippen MR) is 73.7 cm³/mol. The molecule has 0 saturated carbocycles. The Morgan fingerprint density at radius 2 is 2.11 bits per heavy atom. The maximum atomic E-state index is 11.3. The maximum Gasteiger partial charge on any atom is 0.222 e. The van der Waals surface area contributed by atoms with Crippen LogP contribution in [0.5, 0.6) is 0 Å². The molecule has 1 aliphatic heterocycles. The highest BCUT2D eigenvalue weighted by Gasteiger charge is 2.24. The van der Waals surface area contributed by atoms with Crippen LogP contribution in [0.1, 0.15) is 12.8 Å². The number of hydrogen-bond acceptors (Lipinski definition) is 4. The molecule has 5 nitrogen and oxygen atoms in total. The SMILES string of the molecule is NC(=O)C1CCCN(c2cnc3ccccc3n2)C1. The number of benzene rings is 1. The lowest BCUT2D eigenvalue weighted by molar-refractivity contribution is -0.122. The zero-order valence-electron chi connectivity index (χ0n) is 10.6. The Morgan fingerprint density at radius 1 is 1.32 bits per heavy atom. The number of amides is 1. The number of anilines is 1. The molecule has 1 unspecified atom stereocenters. The smallest absolute Gasteiger partial charge is 0.222 e. The number of aromatic nitrogens is 2. The normalized spacial score (nSPS) is 19.6. The van der Waals surface area contributed by atoms with Crippen LogP contribution in [0, 0.1) is 5.92 Å². The number of nitrogens with zero attached hydrogens (tertiary/aromatic N) is 3. The van der Waals surface area contributed by atoms with Gasteiger partial charge in [-0.25, -0.2) is 4.98 Å². The summed E-state index contributed by atoms with van der Waals surface area (Å²) in [4.78, 5) is 22.4. The van der Waals surface area contributed by atoms with Crippen LogP contribution in [0.15, 0.2) is 30.5 Å². The van der Waals surface area contributed by atoms with Gasteiger partial charge < -0.3 is 10.6 Å². The van der Waals surface area contributed by atoms with Crippen molar-refractivity contribution in [3.63, 3.8) is 0 Å². The van der Waals surface area contributed by atoms with E-state index in [1.165, 1.54) is 0 Å². The van der Waals surface area contributed by atoms with Crippen LogP contribution in [-0.4, -0.2) is 29.0 Å². The van der Waals surface area contributed by atoms with Gasteiger partial charge in [0.1, 0.15) is 5.82 Å². The van der Waals surface area contributed by atoms with Crippen molar-refractivity contribution in [3.8, 4) is 0 Å². The second kappa shape index (κ2) is 4.84. The summed E-state index contributed by atoms with van der Waals surface area (Å²) in [6.45, 7) is 1.54. The Bertz CT molecular complexity index is 613. The minimum absolute atomic E-state index is 0.0815. The van der Waals surface area contributed by atoms with E-state index in [0.29, 0.717) is 6.54 Å². The third-order valence-corrected chi connectivity index (χ3v) is 3.58. The highest BCUT2D eigenvalue weighted by molar-refractivity contribution is 5.78. The van der Waals surface area contributed by atoms with Gasteiger partial charge in [-0.05, 0) is 25.0 Å². The quantitative estimate of drug-likeness (QED) is 0.880. The fourth-order valence-corrected chi connectivity index (χ4v) is 2.52. The molecule has 98 valence electrons. The number of carbonyl (C=O) groups excluding carboxylic acids is 1. The minimum Gasteiger partial charge on any atom is -0.369 e. The van der Waals surface area contributed by atoms with Gasteiger partial charge in [0.2, 0.25) is 5.91 Å². The summed E-state index contributed by atoms with van der Waals surface area (Å²) in [6.07, 6.45) is 3.60. The number of para-hydroxylation sites is 2. The lowest BCUT2D eigenvalue weighted by Gasteiger charge is -2.31. The van der Waals surface area contributed by atoms with Crippen LogP contribution in [0.3, 0.4) is 0 Å². The molecule has 1 atom stereocenters. The monoisotopic (exact) mass is 256 g/mol. The van der Waals surface area contributed by atoms with Gasteiger partial charge in [-0.3, -0.25) is 9.78 Å². The highest BCUT2D eigenvalue weighted by atomic mass is 16.1. The number of primary amides is 1. The largest absolute Gasteiger partial charge is 0.369 e. The number of piperidine rings is 1. The summed E-state index contributed by atoms with van der Waals surface area (Å²) in [6, 6.07) is 7.78. The molecule has 1 amide bonds. The van der Waals surface area contributed by atoms with Crippen LogP contribution in [0.25, 0.3) is 11.0 Å². The topological polar surface area (TPSA) is 72.1 Å². The average molecular weight is 256 g/mol. The Labute approximate surface area is 111 Å². The van der Waals surface area contributed by atoms with E-state index in [2.05, 4.69) is 14.9 Å². The second-order valence-corrected chi connectivity index (χ2v) is 4.90. The first-order valence-electron chi connectivity index (χ1n) is 6.50. The van der Waals surface area contributed by atoms with E-state index < -0.39 is 0 Å². The third-order valence-electron chi connectivity index (χ3n) is 3.58. The Hall–Kier alpha value is -2.17. The molecule has 0 spiro atoms. The summed E-state index contributed by atoms with van der Waals surface area (Å²) in [7, 11) is 0. The van der Waals surface area contributed by atoms with E-state index in [1.807, 2.05) is 24.3 Å². The molecule has 1 aromatic heterocycles. The lowest BCUT2D eigenvalue weighted by Crippen LogP contribution is -2.41. The summed E-state index contributed by atoms with van der Waals surface area (Å²) in [5.74, 6) is 0.519. The van der Waals surface area contributed by atoms with Gasteiger partial charge in [0, 0.05) is 13.1 Å². The molecule has 2 heterocycles. The zero-order valence-corrected chi connectivity index (χ0v) is 10.6. The van der Waals surface area contributed by atoms with Gasteiger partial charge in [0.15, 0.2) is 0 Å². The highest BCUT2D eigenvalue weighted by Crippen LogP contribution is 2.22. The summed E-state index contributed by atoms with van der Waals surface area (Å²) in [5, 5.41) is 0. The first-order chi connectivity index (χ1) is 9.24. The van der Waals surface area contributed by atoms with E-state index in [4.69, 9.17) is 5.73 Å². The number of rotatable bonds is 2. The fraction of sp³-hybridized carbons (Fsp3) is 0.357. The molecule has 3 rings (SSSR count). The summed E-state index contributed by atoms with van der Waals surface area (Å²) < 4.78 is 0. The summed E-state index contributed by atoms with van der Waals surface area (Å²) in [5.41, 5.74) is 7.16. The second-order valence-electron chi connectivity index (χ2n) is 4.90. The van der Waals surface area contributed by atoms with Crippen LogP contribution in [0.2, 0.25) is 0 Å². The van der Waals surface area contributed by atoms with E-state index in [1.54, 1.807) is 6.20 Å². The molecule has 2 aromatic rings. The molecule has 0 radical (unpaired) electrons. The van der Waals surface area contributed by atoms with Gasteiger partial charge in [0.25, 0.3) is 0 Å². The molecule has 1 aliphatic rings. The van der Waals surface area contributed by atoms with E-state index in [9.17, 15) is 4.79 Å². The van der Waals surface area contributed by atoms with Crippen molar-refractivity contribution in [3.05, 3.63) is 30.5 Å². The van der Waals surface area contributed by atoms with Crippen molar-refractivity contribution >= 4 is 22.8 Å². The Balaban J connectivity index is 1.89. The predicted octanol–water partition coefficient (Wildman–Crippen LogP) is 1.33. The van der Waals surface area contributed by atoms with Crippen LogP contribution >= 0.6 is 0 Å². The number of hydrogen-bond donors (Lipinski definition) is 1. The van der Waals surface area contributed by atoms with Crippen LogP contribution < -0.4 is 10.6 Å². The van der Waals surface area contributed by atoms with Crippen molar-refractivity contribution < 1.29 is 4.79 Å². The molecule has 0 aliphatic carbocycles. The van der Waals surface area contributed by atoms with Crippen molar-refractivity contribution in [2.75, 3.05) is 18.0 Å².